The number of rotatable bonds is 17. The molecule has 1 aromatic rings. The molecule has 1 aromatic carbocycles. The summed E-state index contributed by atoms with van der Waals surface area (Å²) in [7, 11) is -10.1. The minimum absolute atomic E-state index is 0. The summed E-state index contributed by atoms with van der Waals surface area (Å²) in [4.78, 5) is 0. The van der Waals surface area contributed by atoms with E-state index in [0.29, 0.717) is 12.0 Å². The maximum atomic E-state index is 10.8. The molecule has 0 fully saturated rings. The van der Waals surface area contributed by atoms with E-state index in [2.05, 4.69) is 22.2 Å². The summed E-state index contributed by atoms with van der Waals surface area (Å²) < 4.78 is 73.3. The molecule has 0 saturated carbocycles. The molecule has 0 spiro atoms. The smallest absolute Gasteiger partial charge is 0.716 e. The van der Waals surface area contributed by atoms with Crippen LogP contribution in [0.4, 0.5) is 0 Å². The van der Waals surface area contributed by atoms with Crippen LogP contribution in [0.1, 0.15) is 90.0 Å². The molecule has 0 amide bonds. The molecule has 0 aliphatic rings. The van der Waals surface area contributed by atoms with Crippen LogP contribution >= 0.6 is 0 Å². The molecule has 8 nitrogen and oxygen atoms in total. The Labute approximate surface area is 244 Å². The second-order valence-corrected chi connectivity index (χ2v) is 10.2. The van der Waals surface area contributed by atoms with Crippen molar-refractivity contribution in [3.63, 3.8) is 0 Å². The molecule has 0 heterocycles. The number of unbranched alkanes of at least 4 members (excludes halogenated alkanes) is 9. The van der Waals surface area contributed by atoms with Gasteiger partial charge in [0.2, 0.25) is 0 Å². The third-order valence-corrected chi connectivity index (χ3v) is 5.63. The Kier molecular flexibility index (Phi) is 20.4. The molecule has 0 aliphatic heterocycles. The van der Waals surface area contributed by atoms with Crippen molar-refractivity contribution in [3.05, 3.63) is 23.8 Å². The summed E-state index contributed by atoms with van der Waals surface area (Å²) >= 11 is 0. The first kappa shape index (κ1) is 35.8. The monoisotopic (exact) mass is 524 g/mol. The predicted octanol–water partition coefficient (Wildman–Crippen LogP) is -1.14. The summed E-state index contributed by atoms with van der Waals surface area (Å²) in [6.07, 6.45) is 13.4. The maximum absolute atomic E-state index is 10.8. The van der Waals surface area contributed by atoms with Crippen LogP contribution in [0.2, 0.25) is 0 Å². The van der Waals surface area contributed by atoms with Gasteiger partial charge in [-0.05, 0) is 36.5 Å². The molecular weight excluding hydrogens is 490 g/mol. The number of benzene rings is 1. The summed E-state index contributed by atoms with van der Waals surface area (Å²) in [6, 6.07) is 3.51. The zero-order valence-corrected chi connectivity index (χ0v) is 26.0. The van der Waals surface area contributed by atoms with Gasteiger partial charge in [-0.25, -0.2) is 16.8 Å². The van der Waals surface area contributed by atoms with E-state index in [0.717, 1.165) is 37.7 Å². The van der Waals surface area contributed by atoms with Crippen molar-refractivity contribution in [3.8, 4) is 11.5 Å². The molecule has 33 heavy (non-hydrogen) atoms. The normalized spacial score (nSPS) is 11.5. The molecular formula is C21H34Na2O8S2. The Bertz CT molecular complexity index is 807. The van der Waals surface area contributed by atoms with Gasteiger partial charge in [0.1, 0.15) is 11.5 Å². The van der Waals surface area contributed by atoms with E-state index in [1.165, 1.54) is 57.1 Å². The molecule has 1 rings (SSSR count). The van der Waals surface area contributed by atoms with E-state index in [1.807, 2.05) is 0 Å². The fourth-order valence-corrected chi connectivity index (χ4v) is 4.07. The number of hydrogen-bond acceptors (Lipinski definition) is 8. The third kappa shape index (κ3) is 21.6. The quantitative estimate of drug-likeness (QED) is 0.108. The van der Waals surface area contributed by atoms with Crippen LogP contribution in [0.25, 0.3) is 0 Å². The molecule has 0 bridgehead atoms. The SMILES string of the molecule is CC(C)CCCCCCCCCCCCc1cc(OS(=O)(=O)[O-])cc(OS(=O)(=O)[O-])c1.[Na+].[Na+]. The van der Waals surface area contributed by atoms with Gasteiger partial charge >= 0.3 is 59.1 Å². The molecule has 0 atom stereocenters. The fourth-order valence-electron chi connectivity index (χ4n) is 3.40. The Morgan fingerprint density at radius 1 is 0.667 bits per heavy atom. The molecule has 0 aromatic heterocycles. The first-order valence-electron chi connectivity index (χ1n) is 10.9. The molecule has 0 saturated heterocycles. The minimum atomic E-state index is -5.04. The van der Waals surface area contributed by atoms with Crippen LogP contribution in [0, 0.1) is 5.92 Å². The Morgan fingerprint density at radius 2 is 1.03 bits per heavy atom. The van der Waals surface area contributed by atoms with Crippen molar-refractivity contribution in [1.29, 1.82) is 0 Å². The largest absolute Gasteiger partial charge is 1.00 e. The third-order valence-electron chi connectivity index (χ3n) is 4.83. The Hall–Kier alpha value is 0.640. The first-order valence-corrected chi connectivity index (χ1v) is 13.6. The second-order valence-electron chi connectivity index (χ2n) is 8.26. The molecule has 0 unspecified atom stereocenters. The average molecular weight is 525 g/mol. The molecule has 180 valence electrons. The topological polar surface area (TPSA) is 133 Å². The number of hydrogen-bond donors (Lipinski definition) is 0. The van der Waals surface area contributed by atoms with Crippen LogP contribution in [0.3, 0.4) is 0 Å². The van der Waals surface area contributed by atoms with E-state index in [9.17, 15) is 25.9 Å². The van der Waals surface area contributed by atoms with Crippen LogP contribution in [0.5, 0.6) is 11.5 Å². The van der Waals surface area contributed by atoms with Crippen molar-refractivity contribution >= 4 is 20.8 Å². The number of aryl methyl sites for hydroxylation is 1. The van der Waals surface area contributed by atoms with E-state index in [-0.39, 0.29) is 70.6 Å². The van der Waals surface area contributed by atoms with E-state index < -0.39 is 20.8 Å². The second kappa shape index (κ2) is 18.8. The van der Waals surface area contributed by atoms with Gasteiger partial charge in [-0.2, -0.15) is 0 Å². The van der Waals surface area contributed by atoms with E-state index in [1.54, 1.807) is 0 Å². The van der Waals surface area contributed by atoms with Crippen molar-refractivity contribution in [1.82, 2.24) is 0 Å². The van der Waals surface area contributed by atoms with Gasteiger partial charge in [0, 0.05) is 6.07 Å². The zero-order valence-electron chi connectivity index (χ0n) is 20.4. The summed E-state index contributed by atoms with van der Waals surface area (Å²) in [5, 5.41) is 0. The standard InChI is InChI=1S/C21H36O8S2.2Na/c1-18(2)13-11-9-7-5-3-4-6-8-10-12-14-19-15-20(28-30(22,23)24)17-21(16-19)29-31(25,26)27;;/h15-18H,3-14H2,1-2H3,(H,22,23,24)(H,25,26,27);;/q;2*+1/p-2. The van der Waals surface area contributed by atoms with Gasteiger partial charge in [-0.1, -0.05) is 78.1 Å². The maximum Gasteiger partial charge on any atom is 1.00 e. The molecule has 0 aliphatic carbocycles. The van der Waals surface area contributed by atoms with E-state index in [4.69, 9.17) is 0 Å². The summed E-state index contributed by atoms with van der Waals surface area (Å²) in [6.45, 7) is 4.51. The van der Waals surface area contributed by atoms with E-state index >= 15 is 0 Å². The van der Waals surface area contributed by atoms with Gasteiger partial charge in [-0.15, -0.1) is 0 Å². The minimum Gasteiger partial charge on any atom is -0.716 e. The zero-order chi connectivity index (χ0) is 23.3. The molecule has 0 N–H and O–H groups in total. The average Bonchev–Trinajstić information content (AvgIpc) is 2.59. The summed E-state index contributed by atoms with van der Waals surface area (Å²) in [5.74, 6) is 0.00709. The summed E-state index contributed by atoms with van der Waals surface area (Å²) in [5.41, 5.74) is 0.515. The Balaban J connectivity index is 0. The van der Waals surface area contributed by atoms with Gasteiger partial charge < -0.3 is 17.5 Å². The van der Waals surface area contributed by atoms with Crippen LogP contribution in [-0.2, 0) is 27.2 Å². The van der Waals surface area contributed by atoms with Gasteiger partial charge in [0.05, 0.1) is 0 Å². The first-order chi connectivity index (χ1) is 14.4. The van der Waals surface area contributed by atoms with Gasteiger partial charge in [0.25, 0.3) is 20.8 Å². The molecule has 0 radical (unpaired) electrons. The molecule has 12 heteroatoms. The van der Waals surface area contributed by atoms with Gasteiger partial charge in [-0.3, -0.25) is 0 Å². The van der Waals surface area contributed by atoms with Crippen LogP contribution < -0.4 is 67.5 Å². The van der Waals surface area contributed by atoms with Crippen molar-refractivity contribution in [2.24, 2.45) is 5.92 Å². The van der Waals surface area contributed by atoms with Crippen molar-refractivity contribution in [2.45, 2.75) is 90.9 Å². The van der Waals surface area contributed by atoms with Crippen molar-refractivity contribution in [2.75, 3.05) is 0 Å². The van der Waals surface area contributed by atoms with Crippen LogP contribution in [-0.4, -0.2) is 25.9 Å². The van der Waals surface area contributed by atoms with Crippen LogP contribution in [0.15, 0.2) is 18.2 Å². The Morgan fingerprint density at radius 3 is 1.39 bits per heavy atom. The van der Waals surface area contributed by atoms with Crippen molar-refractivity contribution < 1.29 is 93.4 Å². The van der Waals surface area contributed by atoms with Gasteiger partial charge in [0.15, 0.2) is 0 Å². The fraction of sp³-hybridized carbons (Fsp3) is 0.714. The predicted molar refractivity (Wildman–Crippen MR) is 116 cm³/mol.